The Morgan fingerprint density at radius 3 is 2.71 bits per heavy atom. The average molecular weight is 333 g/mol. The topological polar surface area (TPSA) is 81.4 Å². The maximum Gasteiger partial charge on any atom is 0.242 e. The number of hydrogen-bond acceptors (Lipinski definition) is 4. The van der Waals surface area contributed by atoms with Crippen molar-refractivity contribution in [3.8, 4) is 0 Å². The molecule has 2 rings (SSSR count). The number of anilines is 1. The molecule has 1 fully saturated rings. The fourth-order valence-corrected chi connectivity index (χ4v) is 4.49. The van der Waals surface area contributed by atoms with E-state index in [4.69, 9.17) is 22.1 Å². The van der Waals surface area contributed by atoms with E-state index in [2.05, 4.69) is 4.72 Å². The summed E-state index contributed by atoms with van der Waals surface area (Å²) in [5.41, 5.74) is 5.75. The second kappa shape index (κ2) is 5.76. The molecule has 1 aromatic carbocycles. The summed E-state index contributed by atoms with van der Waals surface area (Å²) >= 11 is 5.98. The van der Waals surface area contributed by atoms with E-state index in [-0.39, 0.29) is 27.5 Å². The smallest absolute Gasteiger partial charge is 0.242 e. The summed E-state index contributed by atoms with van der Waals surface area (Å²) in [7, 11) is -3.70. The Labute approximate surface area is 130 Å². The first-order chi connectivity index (χ1) is 9.68. The second-order valence-electron chi connectivity index (χ2n) is 5.86. The zero-order valence-electron chi connectivity index (χ0n) is 12.4. The lowest BCUT2D eigenvalue weighted by Gasteiger charge is -2.51. The van der Waals surface area contributed by atoms with E-state index in [1.165, 1.54) is 12.1 Å². The highest BCUT2D eigenvalue weighted by Gasteiger charge is 2.50. The van der Waals surface area contributed by atoms with E-state index in [0.717, 1.165) is 0 Å². The number of nitrogens with two attached hydrogens (primary N) is 1. The minimum Gasteiger partial charge on any atom is -0.399 e. The van der Waals surface area contributed by atoms with Crippen LogP contribution in [-0.4, -0.2) is 27.2 Å². The van der Waals surface area contributed by atoms with Gasteiger partial charge in [0.1, 0.15) is 4.90 Å². The number of sulfonamides is 1. The molecule has 1 aliphatic carbocycles. The normalized spacial score (nSPS) is 24.6. The highest BCUT2D eigenvalue weighted by Crippen LogP contribution is 2.43. The first-order valence-electron chi connectivity index (χ1n) is 6.87. The monoisotopic (exact) mass is 332 g/mol. The van der Waals surface area contributed by atoms with Crippen molar-refractivity contribution in [1.82, 2.24) is 4.72 Å². The van der Waals surface area contributed by atoms with Gasteiger partial charge in [-0.2, -0.15) is 0 Å². The Balaban J connectivity index is 2.18. The van der Waals surface area contributed by atoms with Crippen LogP contribution in [0.5, 0.6) is 0 Å². The van der Waals surface area contributed by atoms with Crippen molar-refractivity contribution in [1.29, 1.82) is 0 Å². The molecule has 0 amide bonds. The van der Waals surface area contributed by atoms with E-state index in [0.29, 0.717) is 18.7 Å². The van der Waals surface area contributed by atoms with Crippen molar-refractivity contribution in [3.05, 3.63) is 23.2 Å². The first kappa shape index (κ1) is 16.5. The molecule has 1 saturated carbocycles. The second-order valence-corrected chi connectivity index (χ2v) is 7.95. The largest absolute Gasteiger partial charge is 0.399 e. The van der Waals surface area contributed by atoms with Gasteiger partial charge in [-0.05, 0) is 31.5 Å². The summed E-state index contributed by atoms with van der Waals surface area (Å²) in [4.78, 5) is 0.0137. The quantitative estimate of drug-likeness (QED) is 0.811. The van der Waals surface area contributed by atoms with Gasteiger partial charge < -0.3 is 10.5 Å². The van der Waals surface area contributed by atoms with E-state index in [9.17, 15) is 8.42 Å². The molecule has 0 aromatic heterocycles. The van der Waals surface area contributed by atoms with E-state index < -0.39 is 10.0 Å². The molecule has 7 heteroatoms. The molecule has 0 spiro atoms. The zero-order chi connectivity index (χ0) is 15.8. The van der Waals surface area contributed by atoms with E-state index in [1.54, 1.807) is 6.07 Å². The molecule has 118 valence electrons. The van der Waals surface area contributed by atoms with Crippen LogP contribution < -0.4 is 10.5 Å². The van der Waals surface area contributed by atoms with Crippen LogP contribution in [0.3, 0.4) is 0 Å². The van der Waals surface area contributed by atoms with Crippen molar-refractivity contribution in [3.63, 3.8) is 0 Å². The van der Waals surface area contributed by atoms with E-state index in [1.807, 2.05) is 20.8 Å². The number of ether oxygens (including phenoxy) is 1. The number of hydrogen-bond donors (Lipinski definition) is 2. The van der Waals surface area contributed by atoms with Crippen LogP contribution in [0, 0.1) is 5.41 Å². The van der Waals surface area contributed by atoms with Gasteiger partial charge in [-0.15, -0.1) is 0 Å². The maximum atomic E-state index is 12.5. The summed E-state index contributed by atoms with van der Waals surface area (Å²) in [5.74, 6) is 0. The molecule has 3 N–H and O–H groups in total. The fraction of sp³-hybridized carbons (Fsp3) is 0.571. The molecule has 21 heavy (non-hydrogen) atoms. The van der Waals surface area contributed by atoms with Crippen LogP contribution in [0.2, 0.25) is 5.02 Å². The lowest BCUT2D eigenvalue weighted by Crippen LogP contribution is -2.61. The Morgan fingerprint density at radius 1 is 1.48 bits per heavy atom. The molecule has 0 aliphatic heterocycles. The molecular weight excluding hydrogens is 312 g/mol. The molecule has 1 aromatic rings. The van der Waals surface area contributed by atoms with Crippen LogP contribution in [0.15, 0.2) is 23.1 Å². The first-order valence-corrected chi connectivity index (χ1v) is 8.73. The predicted molar refractivity (Wildman–Crippen MR) is 83.8 cm³/mol. The number of benzene rings is 1. The number of halogens is 1. The van der Waals surface area contributed by atoms with Crippen molar-refractivity contribution >= 4 is 27.3 Å². The number of rotatable bonds is 5. The standard InChI is InChI=1S/C14H21ClN2O3S/c1-4-20-13-8-12(14(13,2)3)17-21(18,19)11-7-9(16)5-6-10(11)15/h5-7,12-13,17H,4,8,16H2,1-3H3. The summed E-state index contributed by atoms with van der Waals surface area (Å²) in [5, 5.41) is 0.162. The van der Waals surface area contributed by atoms with Gasteiger partial charge in [-0.3, -0.25) is 0 Å². The third kappa shape index (κ3) is 3.18. The van der Waals surface area contributed by atoms with Crippen LogP contribution in [0.25, 0.3) is 0 Å². The Kier molecular flexibility index (Phi) is 4.54. The van der Waals surface area contributed by atoms with Crippen LogP contribution in [0.1, 0.15) is 27.2 Å². The number of nitrogen functional groups attached to an aromatic ring is 1. The molecule has 5 nitrogen and oxygen atoms in total. The molecule has 1 aliphatic rings. The van der Waals surface area contributed by atoms with E-state index >= 15 is 0 Å². The number of nitrogens with one attached hydrogen (secondary N) is 1. The molecule has 0 heterocycles. The molecule has 0 radical (unpaired) electrons. The molecule has 2 atom stereocenters. The fourth-order valence-electron chi connectivity index (χ4n) is 2.55. The predicted octanol–water partition coefficient (Wildman–Crippen LogP) is 2.40. The lowest BCUT2D eigenvalue weighted by molar-refractivity contribution is -0.108. The Hall–Kier alpha value is -0.820. The molecule has 2 unspecified atom stereocenters. The van der Waals surface area contributed by atoms with Gasteiger partial charge in [0.25, 0.3) is 0 Å². The summed E-state index contributed by atoms with van der Waals surface area (Å²) in [6.07, 6.45) is 0.714. The van der Waals surface area contributed by atoms with Gasteiger partial charge in [-0.25, -0.2) is 13.1 Å². The molecule has 0 saturated heterocycles. The summed E-state index contributed by atoms with van der Waals surface area (Å²) < 4.78 is 33.3. The van der Waals surface area contributed by atoms with Gasteiger partial charge in [0.2, 0.25) is 10.0 Å². The van der Waals surface area contributed by atoms with Crippen LogP contribution in [-0.2, 0) is 14.8 Å². The minimum atomic E-state index is -3.70. The zero-order valence-corrected chi connectivity index (χ0v) is 14.0. The van der Waals surface area contributed by atoms with Gasteiger partial charge in [0.15, 0.2) is 0 Å². The Morgan fingerprint density at radius 2 is 2.14 bits per heavy atom. The molecule has 0 bridgehead atoms. The van der Waals surface area contributed by atoms with Crippen LogP contribution >= 0.6 is 11.6 Å². The molecular formula is C14H21ClN2O3S. The maximum absolute atomic E-state index is 12.5. The van der Waals surface area contributed by atoms with Crippen LogP contribution in [0.4, 0.5) is 5.69 Å². The van der Waals surface area contributed by atoms with Crippen molar-refractivity contribution in [2.24, 2.45) is 5.41 Å². The third-order valence-corrected chi connectivity index (χ3v) is 6.04. The van der Waals surface area contributed by atoms with Crippen molar-refractivity contribution < 1.29 is 13.2 Å². The summed E-state index contributed by atoms with van der Waals surface area (Å²) in [6, 6.07) is 4.24. The van der Waals surface area contributed by atoms with Gasteiger partial charge in [0.05, 0.1) is 11.1 Å². The van der Waals surface area contributed by atoms with Crippen molar-refractivity contribution in [2.45, 2.75) is 44.2 Å². The SMILES string of the molecule is CCOC1CC(NS(=O)(=O)c2cc(N)ccc2Cl)C1(C)C. The van der Waals surface area contributed by atoms with Gasteiger partial charge in [0, 0.05) is 23.8 Å². The lowest BCUT2D eigenvalue weighted by atomic mass is 9.65. The minimum absolute atomic E-state index is 0.0137. The van der Waals surface area contributed by atoms with Gasteiger partial charge >= 0.3 is 0 Å². The third-order valence-electron chi connectivity index (χ3n) is 4.09. The highest BCUT2D eigenvalue weighted by molar-refractivity contribution is 7.89. The average Bonchev–Trinajstić information content (AvgIpc) is 2.40. The van der Waals surface area contributed by atoms with Gasteiger partial charge in [-0.1, -0.05) is 25.4 Å². The Bertz CT molecular complexity index is 631. The summed E-state index contributed by atoms with van der Waals surface area (Å²) in [6.45, 7) is 6.53. The van der Waals surface area contributed by atoms with Crippen molar-refractivity contribution in [2.75, 3.05) is 12.3 Å². The highest BCUT2D eigenvalue weighted by atomic mass is 35.5.